The highest BCUT2D eigenvalue weighted by atomic mass is 19.1. The number of furan rings is 1. The van der Waals surface area contributed by atoms with Gasteiger partial charge >= 0.3 is 11.9 Å². The molecule has 0 N–H and O–H groups in total. The maximum Gasteiger partial charge on any atom is 0.346 e. The van der Waals surface area contributed by atoms with E-state index in [-0.39, 0.29) is 23.5 Å². The third kappa shape index (κ3) is 3.24. The molecule has 2 aromatic carbocycles. The van der Waals surface area contributed by atoms with Crippen molar-refractivity contribution in [2.24, 2.45) is 0 Å². The first-order valence-corrected chi connectivity index (χ1v) is 7.68. The Balaban J connectivity index is 1.95. The number of aryl methyl sites for hydroxylation is 1. The normalized spacial score (nSPS) is 10.7. The number of benzene rings is 2. The Morgan fingerprint density at radius 2 is 1.88 bits per heavy atom. The van der Waals surface area contributed by atoms with E-state index in [1.54, 1.807) is 26.0 Å². The van der Waals surface area contributed by atoms with Gasteiger partial charge in [0.1, 0.15) is 28.5 Å². The molecule has 0 saturated heterocycles. The first kappa shape index (κ1) is 16.7. The summed E-state index contributed by atoms with van der Waals surface area (Å²) in [6.45, 7) is 3.58. The van der Waals surface area contributed by atoms with Crippen molar-refractivity contribution in [2.75, 3.05) is 6.61 Å². The number of halogens is 1. The second-order valence-electron chi connectivity index (χ2n) is 5.28. The molecule has 0 bridgehead atoms. The lowest BCUT2D eigenvalue weighted by Gasteiger charge is -2.05. The van der Waals surface area contributed by atoms with E-state index in [0.717, 1.165) is 0 Å². The Kier molecular flexibility index (Phi) is 4.52. The molecule has 0 atom stereocenters. The van der Waals surface area contributed by atoms with E-state index in [1.807, 2.05) is 0 Å². The van der Waals surface area contributed by atoms with Gasteiger partial charge in [0, 0.05) is 5.39 Å². The van der Waals surface area contributed by atoms with Crippen LogP contribution in [0.1, 0.15) is 33.4 Å². The maximum absolute atomic E-state index is 13.7. The van der Waals surface area contributed by atoms with Crippen molar-refractivity contribution in [3.63, 3.8) is 0 Å². The number of hydrogen-bond donors (Lipinski definition) is 0. The minimum absolute atomic E-state index is 0.170. The molecule has 128 valence electrons. The molecule has 0 unspecified atom stereocenters. The Labute approximate surface area is 143 Å². The third-order valence-electron chi connectivity index (χ3n) is 3.62. The summed E-state index contributed by atoms with van der Waals surface area (Å²) in [5.74, 6) is -1.43. The summed E-state index contributed by atoms with van der Waals surface area (Å²) in [6, 6.07) is 10.1. The summed E-state index contributed by atoms with van der Waals surface area (Å²) >= 11 is 0. The average Bonchev–Trinajstić information content (AvgIpc) is 2.90. The van der Waals surface area contributed by atoms with Crippen LogP contribution in [0.25, 0.3) is 11.0 Å². The second kappa shape index (κ2) is 6.76. The largest absolute Gasteiger partial charge is 0.462 e. The number of carbonyl (C=O) groups is 2. The zero-order valence-electron chi connectivity index (χ0n) is 13.7. The number of rotatable bonds is 4. The van der Waals surface area contributed by atoms with Gasteiger partial charge in [-0.1, -0.05) is 12.1 Å². The first-order chi connectivity index (χ1) is 12.0. The topological polar surface area (TPSA) is 65.7 Å². The smallest absolute Gasteiger partial charge is 0.346 e. The van der Waals surface area contributed by atoms with Crippen LogP contribution in [0.3, 0.4) is 0 Å². The molecule has 0 fully saturated rings. The summed E-state index contributed by atoms with van der Waals surface area (Å²) in [4.78, 5) is 24.2. The Morgan fingerprint density at radius 3 is 2.60 bits per heavy atom. The number of ether oxygens (including phenoxy) is 2. The number of fused-ring (bicyclic) bond motifs is 1. The van der Waals surface area contributed by atoms with Gasteiger partial charge in [0.2, 0.25) is 0 Å². The van der Waals surface area contributed by atoms with Gasteiger partial charge < -0.3 is 13.9 Å². The molecule has 0 amide bonds. The van der Waals surface area contributed by atoms with Crippen molar-refractivity contribution >= 4 is 22.9 Å². The maximum atomic E-state index is 13.7. The summed E-state index contributed by atoms with van der Waals surface area (Å²) in [5, 5.41) is 0.467. The molecule has 0 aliphatic rings. The van der Waals surface area contributed by atoms with Crippen LogP contribution in [0.5, 0.6) is 5.75 Å². The molecule has 1 heterocycles. The van der Waals surface area contributed by atoms with Crippen LogP contribution < -0.4 is 4.74 Å². The molecule has 3 rings (SSSR count). The van der Waals surface area contributed by atoms with Gasteiger partial charge in [-0.2, -0.15) is 0 Å². The van der Waals surface area contributed by atoms with Crippen molar-refractivity contribution in [3.05, 3.63) is 65.2 Å². The molecular weight excluding hydrogens is 327 g/mol. The first-order valence-electron chi connectivity index (χ1n) is 7.68. The van der Waals surface area contributed by atoms with E-state index >= 15 is 0 Å². The van der Waals surface area contributed by atoms with Crippen LogP contribution in [-0.4, -0.2) is 18.5 Å². The predicted octanol–water partition coefficient (Wildman–Crippen LogP) is 4.28. The van der Waals surface area contributed by atoms with Gasteiger partial charge in [0.15, 0.2) is 0 Å². The highest BCUT2D eigenvalue weighted by molar-refractivity contribution is 6.05. The van der Waals surface area contributed by atoms with Gasteiger partial charge in [-0.25, -0.2) is 14.0 Å². The van der Waals surface area contributed by atoms with E-state index in [9.17, 15) is 14.0 Å². The van der Waals surface area contributed by atoms with Crippen LogP contribution in [0.2, 0.25) is 0 Å². The molecule has 1 aromatic heterocycles. The Bertz CT molecular complexity index is 958. The van der Waals surface area contributed by atoms with Crippen molar-refractivity contribution in [2.45, 2.75) is 13.8 Å². The van der Waals surface area contributed by atoms with Crippen LogP contribution in [0.4, 0.5) is 4.39 Å². The fourth-order valence-corrected chi connectivity index (χ4v) is 2.51. The number of esters is 2. The van der Waals surface area contributed by atoms with E-state index in [4.69, 9.17) is 13.9 Å². The van der Waals surface area contributed by atoms with Crippen molar-refractivity contribution < 1.29 is 27.9 Å². The number of hydrogen-bond acceptors (Lipinski definition) is 5. The monoisotopic (exact) mass is 342 g/mol. The van der Waals surface area contributed by atoms with Crippen LogP contribution in [-0.2, 0) is 4.74 Å². The molecule has 3 aromatic rings. The fraction of sp³-hybridized carbons (Fsp3) is 0.158. The molecule has 0 radical (unpaired) electrons. The summed E-state index contributed by atoms with van der Waals surface area (Å²) < 4.78 is 29.5. The van der Waals surface area contributed by atoms with Crippen molar-refractivity contribution in [1.29, 1.82) is 0 Å². The molecule has 5 nitrogen and oxygen atoms in total. The quantitative estimate of drug-likeness (QED) is 0.523. The molecule has 0 spiro atoms. The van der Waals surface area contributed by atoms with Gasteiger partial charge in [-0.15, -0.1) is 0 Å². The lowest BCUT2D eigenvalue weighted by Crippen LogP contribution is -2.10. The lowest BCUT2D eigenvalue weighted by atomic mass is 10.1. The summed E-state index contributed by atoms with van der Waals surface area (Å²) in [6.07, 6.45) is 0. The minimum atomic E-state index is -0.824. The van der Waals surface area contributed by atoms with Crippen molar-refractivity contribution in [1.82, 2.24) is 0 Å². The summed E-state index contributed by atoms with van der Waals surface area (Å²) in [5.41, 5.74) is 0.573. The van der Waals surface area contributed by atoms with Crippen molar-refractivity contribution in [3.8, 4) is 5.75 Å². The van der Waals surface area contributed by atoms with E-state index in [2.05, 4.69) is 0 Å². The molecule has 0 saturated carbocycles. The highest BCUT2D eigenvalue weighted by Crippen LogP contribution is 2.30. The van der Waals surface area contributed by atoms with Crippen LogP contribution in [0.15, 0.2) is 46.9 Å². The third-order valence-corrected chi connectivity index (χ3v) is 3.62. The van der Waals surface area contributed by atoms with E-state index in [0.29, 0.717) is 16.7 Å². The van der Waals surface area contributed by atoms with Gasteiger partial charge in [-0.05, 0) is 44.2 Å². The molecular formula is C19H15FO5. The molecule has 6 heteroatoms. The molecule has 0 aliphatic heterocycles. The zero-order valence-corrected chi connectivity index (χ0v) is 13.7. The van der Waals surface area contributed by atoms with Crippen LogP contribution in [0, 0.1) is 12.7 Å². The molecule has 25 heavy (non-hydrogen) atoms. The highest BCUT2D eigenvalue weighted by Gasteiger charge is 2.21. The second-order valence-corrected chi connectivity index (χ2v) is 5.28. The van der Waals surface area contributed by atoms with Crippen LogP contribution >= 0.6 is 0 Å². The average molecular weight is 342 g/mol. The summed E-state index contributed by atoms with van der Waals surface area (Å²) in [7, 11) is 0. The standard InChI is InChI=1S/C19H15FO5/c1-3-23-19(22)17-11(2)24-16-9-8-12(10-14(16)17)25-18(21)13-6-4-5-7-15(13)20/h4-10H,3H2,1-2H3. The fourth-order valence-electron chi connectivity index (χ4n) is 2.51. The Hall–Kier alpha value is -3.15. The Morgan fingerprint density at radius 1 is 1.12 bits per heavy atom. The van der Waals surface area contributed by atoms with E-state index < -0.39 is 17.8 Å². The zero-order chi connectivity index (χ0) is 18.0. The lowest BCUT2D eigenvalue weighted by molar-refractivity contribution is 0.0526. The van der Waals surface area contributed by atoms with E-state index in [1.165, 1.54) is 30.3 Å². The van der Waals surface area contributed by atoms with Gasteiger partial charge in [0.25, 0.3) is 0 Å². The predicted molar refractivity (Wildman–Crippen MR) is 88.3 cm³/mol. The van der Waals surface area contributed by atoms with Gasteiger partial charge in [-0.3, -0.25) is 0 Å². The number of carbonyl (C=O) groups excluding carboxylic acids is 2. The molecule has 0 aliphatic carbocycles. The minimum Gasteiger partial charge on any atom is -0.462 e. The van der Waals surface area contributed by atoms with Gasteiger partial charge in [0.05, 0.1) is 12.2 Å². The SMILES string of the molecule is CCOC(=O)c1c(C)oc2ccc(OC(=O)c3ccccc3F)cc12.